The fraction of sp³-hybridized carbons (Fsp3) is 0.625. The van der Waals surface area contributed by atoms with Gasteiger partial charge in [-0.25, -0.2) is 4.79 Å². The number of cyclic esters (lactones) is 1. The fourth-order valence-corrected chi connectivity index (χ4v) is 4.87. The highest BCUT2D eigenvalue weighted by Gasteiger charge is 2.36. The van der Waals surface area contributed by atoms with Crippen molar-refractivity contribution in [2.45, 2.75) is 110 Å². The number of aliphatic hydroxyl groups is 1. The molecule has 13 nitrogen and oxygen atoms in total. The Morgan fingerprint density at radius 3 is 2.00 bits per heavy atom. The molecule has 1 aromatic rings. The van der Waals surface area contributed by atoms with Crippen LogP contribution < -0.4 is 26.6 Å². The van der Waals surface area contributed by atoms with Gasteiger partial charge in [-0.2, -0.15) is 0 Å². The maximum Gasteiger partial charge on any atom is 0.329 e. The van der Waals surface area contributed by atoms with Crippen LogP contribution in [0, 0.1) is 11.8 Å². The summed E-state index contributed by atoms with van der Waals surface area (Å²) in [5.74, 6) is -4.90. The van der Waals surface area contributed by atoms with Crippen LogP contribution in [0.15, 0.2) is 30.3 Å². The van der Waals surface area contributed by atoms with Gasteiger partial charge in [0.05, 0.1) is 19.1 Å². The van der Waals surface area contributed by atoms with Gasteiger partial charge in [-0.1, -0.05) is 77.8 Å². The van der Waals surface area contributed by atoms with Crippen LogP contribution in [0.4, 0.5) is 0 Å². The molecule has 0 bridgehead atoms. The molecule has 0 radical (unpaired) electrons. The number of carbonyl (C=O) groups is 6. The Balaban J connectivity index is 2.52. The highest BCUT2D eigenvalue weighted by atomic mass is 16.5. The largest absolute Gasteiger partial charge is 0.460 e. The number of esters is 1. The summed E-state index contributed by atoms with van der Waals surface area (Å²) in [5.41, 5.74) is 0.712. The third kappa shape index (κ3) is 11.8. The third-order valence-corrected chi connectivity index (χ3v) is 7.76. The van der Waals surface area contributed by atoms with Crippen LogP contribution in [0.3, 0.4) is 0 Å². The number of rotatable bonds is 8. The van der Waals surface area contributed by atoms with Crippen LogP contribution >= 0.6 is 0 Å². The summed E-state index contributed by atoms with van der Waals surface area (Å²) in [6.07, 6.45) is -0.922. The fourth-order valence-electron chi connectivity index (χ4n) is 4.87. The molecule has 250 valence electrons. The number of hydrogen-bond acceptors (Lipinski definition) is 8. The topological polar surface area (TPSA) is 192 Å². The van der Waals surface area contributed by atoms with E-state index in [1.54, 1.807) is 51.1 Å². The second kappa shape index (κ2) is 18.1. The van der Waals surface area contributed by atoms with Crippen molar-refractivity contribution in [3.05, 3.63) is 35.9 Å². The van der Waals surface area contributed by atoms with Gasteiger partial charge in [-0.15, -0.1) is 0 Å². The lowest BCUT2D eigenvalue weighted by Crippen LogP contribution is -2.61. The Kier molecular flexibility index (Phi) is 14.9. The van der Waals surface area contributed by atoms with E-state index in [0.717, 1.165) is 0 Å². The molecule has 45 heavy (non-hydrogen) atoms. The van der Waals surface area contributed by atoms with Crippen molar-refractivity contribution < 1.29 is 38.6 Å². The number of ether oxygens (including phenoxy) is 1. The van der Waals surface area contributed by atoms with E-state index in [2.05, 4.69) is 26.6 Å². The van der Waals surface area contributed by atoms with E-state index in [4.69, 9.17) is 4.74 Å². The molecule has 1 fully saturated rings. The zero-order chi connectivity index (χ0) is 33.7. The van der Waals surface area contributed by atoms with Crippen molar-refractivity contribution in [1.29, 1.82) is 0 Å². The molecule has 1 heterocycles. The molecule has 2 rings (SSSR count). The molecule has 5 amide bonds. The summed E-state index contributed by atoms with van der Waals surface area (Å²) in [6, 6.07) is 4.02. The van der Waals surface area contributed by atoms with Crippen LogP contribution in [-0.2, 0) is 39.9 Å². The first kappa shape index (κ1) is 37.2. The first-order valence-electron chi connectivity index (χ1n) is 15.7. The summed E-state index contributed by atoms with van der Waals surface area (Å²) in [5, 5.41) is 23.5. The van der Waals surface area contributed by atoms with Crippen molar-refractivity contribution in [2.24, 2.45) is 11.8 Å². The molecule has 13 heteroatoms. The SMILES string of the molecule is CCCC1CC(=O)NCC(=O)NC(C(C)C)C(=O)NC(Cc2ccccc2)C(=O)NC(C(C)O)C(=O)NC(C(C)CC)C(=O)O1. The molecular formula is C32H49N5O8. The quantitative estimate of drug-likeness (QED) is 0.223. The first-order chi connectivity index (χ1) is 21.3. The van der Waals surface area contributed by atoms with Crippen LogP contribution in [0.25, 0.3) is 0 Å². The van der Waals surface area contributed by atoms with Crippen molar-refractivity contribution in [3.63, 3.8) is 0 Å². The van der Waals surface area contributed by atoms with Crippen molar-refractivity contribution >= 4 is 35.5 Å². The van der Waals surface area contributed by atoms with Crippen LogP contribution in [-0.4, -0.2) is 83.5 Å². The van der Waals surface area contributed by atoms with Gasteiger partial charge >= 0.3 is 5.97 Å². The molecule has 0 spiro atoms. The van der Waals surface area contributed by atoms with Gasteiger partial charge in [0.15, 0.2) is 0 Å². The number of aliphatic hydroxyl groups excluding tert-OH is 1. The lowest BCUT2D eigenvalue weighted by Gasteiger charge is -2.29. The lowest BCUT2D eigenvalue weighted by molar-refractivity contribution is -0.156. The summed E-state index contributed by atoms with van der Waals surface area (Å²) in [7, 11) is 0. The molecule has 1 saturated heterocycles. The van der Waals surface area contributed by atoms with Gasteiger partial charge in [0.2, 0.25) is 29.5 Å². The molecule has 7 unspecified atom stereocenters. The van der Waals surface area contributed by atoms with E-state index >= 15 is 0 Å². The van der Waals surface area contributed by atoms with Gasteiger partial charge < -0.3 is 36.4 Å². The average molecular weight is 632 g/mol. The number of benzene rings is 1. The van der Waals surface area contributed by atoms with E-state index in [1.807, 2.05) is 13.8 Å². The van der Waals surface area contributed by atoms with Crippen molar-refractivity contribution in [1.82, 2.24) is 26.6 Å². The van der Waals surface area contributed by atoms with Crippen LogP contribution in [0.1, 0.15) is 72.8 Å². The molecule has 0 saturated carbocycles. The molecule has 1 aromatic carbocycles. The summed E-state index contributed by atoms with van der Waals surface area (Å²) in [6.45, 7) is 9.77. The van der Waals surface area contributed by atoms with E-state index < -0.39 is 84.3 Å². The molecule has 6 N–H and O–H groups in total. The van der Waals surface area contributed by atoms with E-state index in [9.17, 15) is 33.9 Å². The first-order valence-corrected chi connectivity index (χ1v) is 15.7. The zero-order valence-electron chi connectivity index (χ0n) is 27.1. The van der Waals surface area contributed by atoms with Crippen LogP contribution in [0.5, 0.6) is 0 Å². The monoisotopic (exact) mass is 631 g/mol. The predicted molar refractivity (Wildman–Crippen MR) is 166 cm³/mol. The smallest absolute Gasteiger partial charge is 0.329 e. The van der Waals surface area contributed by atoms with Gasteiger partial charge in [-0.3, -0.25) is 24.0 Å². The molecule has 0 aromatic heterocycles. The van der Waals surface area contributed by atoms with Gasteiger partial charge in [0, 0.05) is 6.42 Å². The average Bonchev–Trinajstić information content (AvgIpc) is 2.99. The number of hydrogen-bond donors (Lipinski definition) is 6. The minimum Gasteiger partial charge on any atom is -0.460 e. The van der Waals surface area contributed by atoms with Crippen molar-refractivity contribution in [3.8, 4) is 0 Å². The number of amides is 5. The Hall–Kier alpha value is -4.00. The van der Waals surface area contributed by atoms with Crippen LogP contribution in [0.2, 0.25) is 0 Å². The molecule has 1 aliphatic heterocycles. The highest BCUT2D eigenvalue weighted by Crippen LogP contribution is 2.15. The maximum atomic E-state index is 13.6. The van der Waals surface area contributed by atoms with Gasteiger partial charge in [0.25, 0.3) is 0 Å². The molecule has 1 aliphatic rings. The highest BCUT2D eigenvalue weighted by molar-refractivity contribution is 5.96. The summed E-state index contributed by atoms with van der Waals surface area (Å²) >= 11 is 0. The maximum absolute atomic E-state index is 13.6. The Morgan fingerprint density at radius 2 is 1.42 bits per heavy atom. The molecule has 7 atom stereocenters. The molecular weight excluding hydrogens is 582 g/mol. The molecule has 0 aliphatic carbocycles. The van der Waals surface area contributed by atoms with Gasteiger partial charge in [0.1, 0.15) is 30.3 Å². The van der Waals surface area contributed by atoms with E-state index in [1.165, 1.54) is 6.92 Å². The van der Waals surface area contributed by atoms with Crippen molar-refractivity contribution in [2.75, 3.05) is 6.54 Å². The normalized spacial score (nSPS) is 26.1. The zero-order valence-corrected chi connectivity index (χ0v) is 27.1. The number of carbonyl (C=O) groups excluding carboxylic acids is 6. The second-order valence-corrected chi connectivity index (χ2v) is 12.0. The minimum atomic E-state index is -1.48. The third-order valence-electron chi connectivity index (χ3n) is 7.76. The predicted octanol–water partition coefficient (Wildman–Crippen LogP) is 0.483. The Morgan fingerprint density at radius 1 is 0.800 bits per heavy atom. The standard InChI is InChI=1S/C32H49N5O8/c1-7-12-22-16-24(39)33-17-25(40)35-26(18(3)4)30(42)34-23(15-21-13-10-9-11-14-21)29(41)37-28(20(6)38)31(43)36-27(19(5)8-2)32(44)45-22/h9-11,13-14,18-20,22-23,26-28,38H,7-8,12,15-17H2,1-6H3,(H,33,39)(H,34,42)(H,35,40)(H,36,43)(H,37,41). The summed E-state index contributed by atoms with van der Waals surface area (Å²) in [4.78, 5) is 79.5. The van der Waals surface area contributed by atoms with E-state index in [-0.39, 0.29) is 18.8 Å². The van der Waals surface area contributed by atoms with E-state index in [0.29, 0.717) is 24.8 Å². The summed E-state index contributed by atoms with van der Waals surface area (Å²) < 4.78 is 5.68. The minimum absolute atomic E-state index is 0.0437. The van der Waals surface area contributed by atoms with Gasteiger partial charge in [-0.05, 0) is 30.7 Å². The Labute approximate surface area is 265 Å². The lowest BCUT2D eigenvalue weighted by atomic mass is 9.98. The number of nitrogens with one attached hydrogen (secondary N) is 5. The Bertz CT molecular complexity index is 1180. The second-order valence-electron chi connectivity index (χ2n) is 12.0.